The van der Waals surface area contributed by atoms with E-state index in [2.05, 4.69) is 30.8 Å². The molecule has 8 nitrogen and oxygen atoms in total. The van der Waals surface area contributed by atoms with Crippen LogP contribution in [0.3, 0.4) is 0 Å². The van der Waals surface area contributed by atoms with Crippen LogP contribution in [0.2, 0.25) is 0 Å². The lowest BCUT2D eigenvalue weighted by Gasteiger charge is -2.16. The minimum Gasteiger partial charge on any atom is -0.497 e. The van der Waals surface area contributed by atoms with Gasteiger partial charge >= 0.3 is 0 Å². The van der Waals surface area contributed by atoms with E-state index < -0.39 is 17.7 Å². The largest absolute Gasteiger partial charge is 0.497 e. The molecule has 2 aromatic heterocycles. The Hall–Kier alpha value is -4.21. The Kier molecular flexibility index (Phi) is 5.84. The van der Waals surface area contributed by atoms with Gasteiger partial charge in [-0.15, -0.1) is 0 Å². The fraction of sp³-hybridized carbons (Fsp3) is 0.136. The van der Waals surface area contributed by atoms with Gasteiger partial charge in [0.25, 0.3) is 0 Å². The van der Waals surface area contributed by atoms with Crippen molar-refractivity contribution in [2.45, 2.75) is 13.0 Å². The molecule has 1 unspecified atom stereocenters. The van der Waals surface area contributed by atoms with E-state index in [1.54, 1.807) is 20.1 Å². The summed E-state index contributed by atoms with van der Waals surface area (Å²) in [6.07, 6.45) is 0. The number of hydrogen-bond donors (Lipinski definition) is 4. The van der Waals surface area contributed by atoms with Crippen LogP contribution in [0, 0.1) is 11.6 Å². The number of nitrogens with one attached hydrogen (secondary N) is 3. The van der Waals surface area contributed by atoms with Crippen LogP contribution >= 0.6 is 0 Å². The van der Waals surface area contributed by atoms with Crippen LogP contribution in [0.4, 0.5) is 32.2 Å². The highest BCUT2D eigenvalue weighted by molar-refractivity contribution is 5.67. The zero-order chi connectivity index (χ0) is 22.7. The number of halogens is 2. The zero-order valence-electron chi connectivity index (χ0n) is 17.4. The lowest BCUT2D eigenvalue weighted by Crippen LogP contribution is -2.12. The molecule has 0 aliphatic carbocycles. The van der Waals surface area contributed by atoms with Gasteiger partial charge in [-0.2, -0.15) is 15.1 Å². The van der Waals surface area contributed by atoms with Crippen LogP contribution in [-0.2, 0) is 0 Å². The molecule has 164 valence electrons. The number of anilines is 4. The zero-order valence-corrected chi connectivity index (χ0v) is 17.4. The molecule has 0 saturated heterocycles. The molecule has 4 rings (SSSR count). The van der Waals surface area contributed by atoms with E-state index in [0.29, 0.717) is 23.0 Å². The summed E-state index contributed by atoms with van der Waals surface area (Å²) in [5.74, 6) is 0.765. The number of H-pyrrole nitrogens is 1. The van der Waals surface area contributed by atoms with Gasteiger partial charge in [-0.25, -0.2) is 8.78 Å². The van der Waals surface area contributed by atoms with Gasteiger partial charge in [-0.05, 0) is 25.1 Å². The quantitative estimate of drug-likeness (QED) is 0.333. The van der Waals surface area contributed by atoms with Crippen molar-refractivity contribution in [3.8, 4) is 17.0 Å². The Labute approximate surface area is 182 Å². The number of ether oxygens (including phenoxy) is 1. The molecule has 1 atom stereocenters. The number of methoxy groups -OCH3 is 1. The van der Waals surface area contributed by atoms with Crippen LogP contribution in [0.5, 0.6) is 5.75 Å². The summed E-state index contributed by atoms with van der Waals surface area (Å²) in [5.41, 5.74) is 7.83. The Morgan fingerprint density at radius 3 is 2.59 bits per heavy atom. The molecule has 0 saturated carbocycles. The fourth-order valence-corrected chi connectivity index (χ4v) is 3.21. The predicted molar refractivity (Wildman–Crippen MR) is 119 cm³/mol. The molecule has 0 fully saturated rings. The molecule has 10 heteroatoms. The number of nitrogens with two attached hydrogens (primary N) is 1. The van der Waals surface area contributed by atoms with Crippen molar-refractivity contribution in [3.63, 3.8) is 0 Å². The summed E-state index contributed by atoms with van der Waals surface area (Å²) in [7, 11) is 1.61. The summed E-state index contributed by atoms with van der Waals surface area (Å²) in [5, 5.41) is 13.3. The van der Waals surface area contributed by atoms with Crippen molar-refractivity contribution in [2.75, 3.05) is 23.5 Å². The highest BCUT2D eigenvalue weighted by Gasteiger charge is 2.14. The van der Waals surface area contributed by atoms with Crippen LogP contribution in [0.25, 0.3) is 11.3 Å². The van der Waals surface area contributed by atoms with E-state index in [1.165, 1.54) is 12.1 Å². The molecule has 32 heavy (non-hydrogen) atoms. The van der Waals surface area contributed by atoms with Crippen molar-refractivity contribution in [1.29, 1.82) is 0 Å². The number of aromatic nitrogens is 4. The molecule has 0 spiro atoms. The molecular weight excluding hydrogens is 416 g/mol. The second kappa shape index (κ2) is 8.88. The van der Waals surface area contributed by atoms with Gasteiger partial charge in [0.15, 0.2) is 5.82 Å². The van der Waals surface area contributed by atoms with Gasteiger partial charge in [-0.1, -0.05) is 18.2 Å². The van der Waals surface area contributed by atoms with Crippen molar-refractivity contribution in [2.24, 2.45) is 0 Å². The Morgan fingerprint density at radius 2 is 1.81 bits per heavy atom. The third-order valence-electron chi connectivity index (χ3n) is 4.75. The summed E-state index contributed by atoms with van der Waals surface area (Å²) < 4.78 is 32.5. The SMILES string of the molecule is COc1cccc(-c2cc(Nc3cc(NC(C)c4ccc(F)cc4F)nc(N)n3)n[nH]2)c1. The number of benzene rings is 2. The van der Waals surface area contributed by atoms with E-state index >= 15 is 0 Å². The highest BCUT2D eigenvalue weighted by atomic mass is 19.1. The van der Waals surface area contributed by atoms with Gasteiger partial charge in [0.05, 0.1) is 18.8 Å². The van der Waals surface area contributed by atoms with Crippen molar-refractivity contribution in [3.05, 3.63) is 71.8 Å². The second-order valence-electron chi connectivity index (χ2n) is 7.05. The lowest BCUT2D eigenvalue weighted by atomic mass is 10.1. The average molecular weight is 437 g/mol. The third kappa shape index (κ3) is 4.75. The minimum atomic E-state index is -0.646. The molecule has 0 bridgehead atoms. The van der Waals surface area contributed by atoms with E-state index in [0.717, 1.165) is 23.1 Å². The Balaban J connectivity index is 1.51. The first-order chi connectivity index (χ1) is 15.4. The molecule has 0 aliphatic heterocycles. The van der Waals surface area contributed by atoms with Gasteiger partial charge in [0.1, 0.15) is 29.0 Å². The Morgan fingerprint density at radius 1 is 1.00 bits per heavy atom. The molecule has 2 heterocycles. The molecule has 5 N–H and O–H groups in total. The standard InChI is InChI=1S/C22H21F2N7O/c1-12(16-7-6-14(23)9-17(16)24)26-19-11-20(29-22(25)28-19)27-21-10-18(30-31-21)13-4-3-5-15(8-13)32-2/h3-12H,1-2H3,(H5,25,26,27,28,29,30,31). The topological polar surface area (TPSA) is 114 Å². The molecular formula is C22H21F2N7O. The molecule has 4 aromatic rings. The predicted octanol–water partition coefficient (Wildman–Crippen LogP) is 4.65. The summed E-state index contributed by atoms with van der Waals surface area (Å²) in [6.45, 7) is 1.73. The van der Waals surface area contributed by atoms with Crippen LogP contribution < -0.4 is 21.1 Å². The summed E-state index contributed by atoms with van der Waals surface area (Å²) in [4.78, 5) is 8.30. The van der Waals surface area contributed by atoms with E-state index in [1.807, 2.05) is 30.3 Å². The van der Waals surface area contributed by atoms with E-state index in [4.69, 9.17) is 10.5 Å². The highest BCUT2D eigenvalue weighted by Crippen LogP contribution is 2.27. The van der Waals surface area contributed by atoms with Crippen molar-refractivity contribution < 1.29 is 13.5 Å². The monoisotopic (exact) mass is 437 g/mol. The first-order valence-electron chi connectivity index (χ1n) is 9.74. The lowest BCUT2D eigenvalue weighted by molar-refractivity contribution is 0.415. The van der Waals surface area contributed by atoms with Crippen molar-refractivity contribution in [1.82, 2.24) is 20.2 Å². The number of rotatable bonds is 7. The number of hydrogen-bond acceptors (Lipinski definition) is 7. The third-order valence-corrected chi connectivity index (χ3v) is 4.75. The molecule has 0 amide bonds. The number of aromatic amines is 1. The number of nitrogen functional groups attached to an aromatic ring is 1. The van der Waals surface area contributed by atoms with Crippen LogP contribution in [-0.4, -0.2) is 27.3 Å². The average Bonchev–Trinajstić information content (AvgIpc) is 3.21. The molecule has 2 aromatic carbocycles. The Bertz CT molecular complexity index is 1240. The minimum absolute atomic E-state index is 0.0211. The summed E-state index contributed by atoms with van der Waals surface area (Å²) >= 11 is 0. The first-order valence-corrected chi connectivity index (χ1v) is 9.74. The van der Waals surface area contributed by atoms with Gasteiger partial charge in [0, 0.05) is 29.3 Å². The van der Waals surface area contributed by atoms with E-state index in [-0.39, 0.29) is 5.95 Å². The fourth-order valence-electron chi connectivity index (χ4n) is 3.21. The van der Waals surface area contributed by atoms with Gasteiger partial charge < -0.3 is 21.1 Å². The van der Waals surface area contributed by atoms with Crippen LogP contribution in [0.1, 0.15) is 18.5 Å². The van der Waals surface area contributed by atoms with Gasteiger partial charge in [-0.3, -0.25) is 5.10 Å². The number of nitrogens with zero attached hydrogens (tertiary/aromatic N) is 3. The first kappa shape index (κ1) is 21.0. The van der Waals surface area contributed by atoms with E-state index in [9.17, 15) is 8.78 Å². The molecule has 0 aliphatic rings. The van der Waals surface area contributed by atoms with Gasteiger partial charge in [0.2, 0.25) is 5.95 Å². The molecule has 0 radical (unpaired) electrons. The maximum Gasteiger partial charge on any atom is 0.223 e. The summed E-state index contributed by atoms with van der Waals surface area (Å²) in [6, 6.07) is 13.9. The normalized spacial score (nSPS) is 11.8. The van der Waals surface area contributed by atoms with Crippen LogP contribution in [0.15, 0.2) is 54.6 Å². The maximum absolute atomic E-state index is 14.1. The second-order valence-corrected chi connectivity index (χ2v) is 7.05. The van der Waals surface area contributed by atoms with Crippen molar-refractivity contribution >= 4 is 23.4 Å². The smallest absolute Gasteiger partial charge is 0.223 e. The maximum atomic E-state index is 14.1.